The highest BCUT2D eigenvalue weighted by Crippen LogP contribution is 2.40. The van der Waals surface area contributed by atoms with E-state index < -0.39 is 30.6 Å². The summed E-state index contributed by atoms with van der Waals surface area (Å²) in [7, 11) is 0. The largest absolute Gasteiger partial charge is 0.423 e. The number of aryl methyl sites for hydroxylation is 1. The first-order valence-corrected chi connectivity index (χ1v) is 6.89. The average Bonchev–Trinajstić information content (AvgIpc) is 2.72. The SMILES string of the molecule is CCC(N)C(OC(C(F)(F)F)C(F)(F)F)c1ccc(C)s1. The van der Waals surface area contributed by atoms with Gasteiger partial charge in [-0.2, -0.15) is 26.3 Å². The van der Waals surface area contributed by atoms with E-state index in [1.54, 1.807) is 19.9 Å². The molecule has 2 atom stereocenters. The molecule has 0 radical (unpaired) electrons. The van der Waals surface area contributed by atoms with E-state index >= 15 is 0 Å². The summed E-state index contributed by atoms with van der Waals surface area (Å²) in [5, 5.41) is 0. The lowest BCUT2D eigenvalue weighted by atomic mass is 10.1. The van der Waals surface area contributed by atoms with Gasteiger partial charge in [-0.25, -0.2) is 0 Å². The van der Waals surface area contributed by atoms with Gasteiger partial charge in [0.1, 0.15) is 6.10 Å². The fourth-order valence-corrected chi connectivity index (χ4v) is 2.68. The number of thiophene rings is 1. The van der Waals surface area contributed by atoms with Crippen molar-refractivity contribution in [2.45, 2.75) is 50.9 Å². The molecule has 2 unspecified atom stereocenters. The topological polar surface area (TPSA) is 35.2 Å². The third-order valence-corrected chi connectivity index (χ3v) is 3.84. The molecular weight excluding hydrogens is 320 g/mol. The van der Waals surface area contributed by atoms with Gasteiger partial charge in [-0.3, -0.25) is 0 Å². The second-order valence-corrected chi connectivity index (χ2v) is 5.86. The molecule has 0 amide bonds. The summed E-state index contributed by atoms with van der Waals surface area (Å²) < 4.78 is 79.9. The van der Waals surface area contributed by atoms with Gasteiger partial charge in [0.05, 0.1) is 0 Å². The summed E-state index contributed by atoms with van der Waals surface area (Å²) >= 11 is 1.06. The number of hydrogen-bond donors (Lipinski definition) is 1. The Labute approximate surface area is 121 Å². The van der Waals surface area contributed by atoms with Crippen LogP contribution < -0.4 is 5.73 Å². The molecular formula is C12H15F6NOS. The van der Waals surface area contributed by atoms with Gasteiger partial charge in [-0.15, -0.1) is 11.3 Å². The molecule has 0 spiro atoms. The molecule has 0 aliphatic heterocycles. The first kappa shape index (κ1) is 18.2. The minimum absolute atomic E-state index is 0.185. The Morgan fingerprint density at radius 3 is 2.00 bits per heavy atom. The van der Waals surface area contributed by atoms with Crippen LogP contribution in [-0.4, -0.2) is 24.5 Å². The first-order chi connectivity index (χ1) is 9.46. The highest BCUT2D eigenvalue weighted by molar-refractivity contribution is 7.12. The molecule has 9 heteroatoms. The van der Waals surface area contributed by atoms with E-state index in [2.05, 4.69) is 4.74 Å². The Morgan fingerprint density at radius 1 is 1.14 bits per heavy atom. The van der Waals surface area contributed by atoms with Crippen molar-refractivity contribution in [1.82, 2.24) is 0 Å². The lowest BCUT2D eigenvalue weighted by Gasteiger charge is -2.30. The molecule has 1 aromatic heterocycles. The molecule has 0 aromatic carbocycles. The standard InChI is InChI=1S/C12H15F6NOS/c1-3-7(19)9(8-5-4-6(2)21-8)20-10(11(13,14)15)12(16,17)18/h4-5,7,9-10H,3,19H2,1-2H3. The second-order valence-electron chi connectivity index (χ2n) is 4.54. The highest BCUT2D eigenvalue weighted by atomic mass is 32.1. The molecule has 0 saturated carbocycles. The van der Waals surface area contributed by atoms with Crippen LogP contribution in [0, 0.1) is 6.92 Å². The predicted molar refractivity (Wildman–Crippen MR) is 67.0 cm³/mol. The maximum atomic E-state index is 12.6. The van der Waals surface area contributed by atoms with Crippen LogP contribution in [0.3, 0.4) is 0 Å². The molecule has 0 aliphatic rings. The van der Waals surface area contributed by atoms with Gasteiger partial charge in [-0.05, 0) is 25.5 Å². The van der Waals surface area contributed by atoms with E-state index in [0.29, 0.717) is 0 Å². The van der Waals surface area contributed by atoms with Crippen LogP contribution in [0.1, 0.15) is 29.2 Å². The van der Waals surface area contributed by atoms with E-state index in [-0.39, 0.29) is 11.3 Å². The minimum Gasteiger partial charge on any atom is -0.350 e. The zero-order valence-corrected chi connectivity index (χ0v) is 12.1. The first-order valence-electron chi connectivity index (χ1n) is 6.07. The molecule has 0 aliphatic carbocycles. The molecule has 0 fully saturated rings. The lowest BCUT2D eigenvalue weighted by molar-refractivity contribution is -0.333. The van der Waals surface area contributed by atoms with Crippen LogP contribution in [-0.2, 0) is 4.74 Å². The molecule has 1 rings (SSSR count). The van der Waals surface area contributed by atoms with E-state index in [1.165, 1.54) is 6.07 Å². The number of alkyl halides is 6. The van der Waals surface area contributed by atoms with Crippen LogP contribution in [0.15, 0.2) is 12.1 Å². The van der Waals surface area contributed by atoms with Crippen LogP contribution in [0.2, 0.25) is 0 Å². The minimum atomic E-state index is -5.55. The quantitative estimate of drug-likeness (QED) is 0.812. The average molecular weight is 335 g/mol. The van der Waals surface area contributed by atoms with Gasteiger partial charge < -0.3 is 10.5 Å². The fraction of sp³-hybridized carbons (Fsp3) is 0.667. The number of hydrogen-bond acceptors (Lipinski definition) is 3. The van der Waals surface area contributed by atoms with Crippen molar-refractivity contribution in [2.75, 3.05) is 0 Å². The Balaban J connectivity index is 3.10. The predicted octanol–water partition coefficient (Wildman–Crippen LogP) is 4.34. The Bertz CT molecular complexity index is 441. The van der Waals surface area contributed by atoms with Crippen molar-refractivity contribution in [3.05, 3.63) is 21.9 Å². The lowest BCUT2D eigenvalue weighted by Crippen LogP contribution is -2.47. The fourth-order valence-electron chi connectivity index (χ4n) is 1.69. The van der Waals surface area contributed by atoms with Crippen LogP contribution in [0.25, 0.3) is 0 Å². The van der Waals surface area contributed by atoms with E-state index in [9.17, 15) is 26.3 Å². The Kier molecular flexibility index (Phi) is 5.68. The van der Waals surface area contributed by atoms with E-state index in [4.69, 9.17) is 5.73 Å². The zero-order valence-electron chi connectivity index (χ0n) is 11.3. The van der Waals surface area contributed by atoms with Gasteiger partial charge in [0.15, 0.2) is 0 Å². The Morgan fingerprint density at radius 2 is 1.67 bits per heavy atom. The molecule has 1 heterocycles. The summed E-state index contributed by atoms with van der Waals surface area (Å²) in [6.07, 6.45) is -16.2. The second kappa shape index (κ2) is 6.53. The van der Waals surface area contributed by atoms with Crippen LogP contribution in [0.4, 0.5) is 26.3 Å². The number of nitrogens with two attached hydrogens (primary N) is 1. The molecule has 0 saturated heterocycles. The van der Waals surface area contributed by atoms with Gasteiger partial charge in [0.2, 0.25) is 6.10 Å². The monoisotopic (exact) mass is 335 g/mol. The van der Waals surface area contributed by atoms with E-state index in [1.807, 2.05) is 0 Å². The van der Waals surface area contributed by atoms with Gasteiger partial charge in [-0.1, -0.05) is 6.92 Å². The molecule has 2 N–H and O–H groups in total. The van der Waals surface area contributed by atoms with Crippen LogP contribution >= 0.6 is 11.3 Å². The van der Waals surface area contributed by atoms with Crippen molar-refractivity contribution in [3.63, 3.8) is 0 Å². The number of halogens is 6. The highest BCUT2D eigenvalue weighted by Gasteiger charge is 2.59. The number of rotatable bonds is 5. The summed E-state index contributed by atoms with van der Waals surface area (Å²) in [6, 6.07) is 2.06. The molecule has 0 bridgehead atoms. The van der Waals surface area contributed by atoms with Gasteiger partial charge in [0, 0.05) is 15.8 Å². The molecule has 122 valence electrons. The summed E-state index contributed by atoms with van der Waals surface area (Å²) in [6.45, 7) is 3.26. The smallest absolute Gasteiger partial charge is 0.350 e. The molecule has 1 aromatic rings. The van der Waals surface area contributed by atoms with Crippen LogP contribution in [0.5, 0.6) is 0 Å². The van der Waals surface area contributed by atoms with E-state index in [0.717, 1.165) is 16.2 Å². The van der Waals surface area contributed by atoms with Gasteiger partial charge in [0.25, 0.3) is 0 Å². The summed E-state index contributed by atoms with van der Waals surface area (Å²) in [5.41, 5.74) is 5.64. The van der Waals surface area contributed by atoms with Crippen molar-refractivity contribution in [1.29, 1.82) is 0 Å². The molecule has 2 nitrogen and oxygen atoms in total. The van der Waals surface area contributed by atoms with Crippen molar-refractivity contribution in [3.8, 4) is 0 Å². The number of ether oxygens (including phenoxy) is 1. The van der Waals surface area contributed by atoms with Crippen molar-refractivity contribution < 1.29 is 31.1 Å². The zero-order chi connectivity index (χ0) is 16.4. The van der Waals surface area contributed by atoms with Crippen molar-refractivity contribution >= 4 is 11.3 Å². The Hall–Kier alpha value is -0.800. The third kappa shape index (κ3) is 4.86. The maximum Gasteiger partial charge on any atom is 0.423 e. The normalized spacial score (nSPS) is 16.3. The maximum absolute atomic E-state index is 12.6. The van der Waals surface area contributed by atoms with Crippen molar-refractivity contribution in [2.24, 2.45) is 5.73 Å². The third-order valence-electron chi connectivity index (χ3n) is 2.78. The summed E-state index contributed by atoms with van der Waals surface area (Å²) in [4.78, 5) is 0.998. The summed E-state index contributed by atoms with van der Waals surface area (Å²) in [5.74, 6) is 0. The molecule has 21 heavy (non-hydrogen) atoms. The van der Waals surface area contributed by atoms with Gasteiger partial charge >= 0.3 is 12.4 Å².